The number of hydrogen-bond donors (Lipinski definition) is 3. The molecule has 13 heavy (non-hydrogen) atoms. The molecule has 0 saturated heterocycles. The number of nitrogens with one attached hydrogen (secondary N) is 2. The largest absolute Gasteiger partial charge is 0.370 e. The van der Waals surface area contributed by atoms with Gasteiger partial charge in [0.05, 0.1) is 0 Å². The Kier molecular flexibility index (Phi) is 3.31. The molecule has 4 heteroatoms. The zero-order valence-corrected chi connectivity index (χ0v) is 8.98. The first kappa shape index (κ1) is 10.1. The van der Waals surface area contributed by atoms with Crippen LogP contribution in [0, 0.1) is 5.41 Å². The van der Waals surface area contributed by atoms with Crippen LogP contribution in [-0.2, 0) is 6.42 Å². The standard InChI is InChI=1S/C9H12BrN3/c1-2-6-5-7(10)3-4-8(6)13-9(11)12/h3-5H,2H2,1H3,(H4,11,12,13). The van der Waals surface area contributed by atoms with Gasteiger partial charge in [0.25, 0.3) is 0 Å². The third-order valence-electron chi connectivity index (χ3n) is 1.72. The summed E-state index contributed by atoms with van der Waals surface area (Å²) in [7, 11) is 0. The number of hydrogen-bond acceptors (Lipinski definition) is 1. The number of anilines is 1. The summed E-state index contributed by atoms with van der Waals surface area (Å²) < 4.78 is 1.04. The number of rotatable bonds is 2. The molecule has 1 aromatic carbocycles. The molecule has 70 valence electrons. The third-order valence-corrected chi connectivity index (χ3v) is 2.21. The summed E-state index contributed by atoms with van der Waals surface area (Å²) in [5, 5.41) is 9.90. The summed E-state index contributed by atoms with van der Waals surface area (Å²) in [6.07, 6.45) is 0.912. The maximum atomic E-state index is 7.11. The van der Waals surface area contributed by atoms with Crippen molar-refractivity contribution >= 4 is 27.6 Å². The van der Waals surface area contributed by atoms with Gasteiger partial charge >= 0.3 is 0 Å². The Morgan fingerprint density at radius 3 is 2.85 bits per heavy atom. The smallest absolute Gasteiger partial charge is 0.190 e. The molecule has 0 spiro atoms. The summed E-state index contributed by atoms with van der Waals surface area (Å²) in [6, 6.07) is 5.85. The lowest BCUT2D eigenvalue weighted by molar-refractivity contribution is 1.14. The zero-order valence-electron chi connectivity index (χ0n) is 7.39. The van der Waals surface area contributed by atoms with Crippen LogP contribution in [0.5, 0.6) is 0 Å². The highest BCUT2D eigenvalue weighted by Gasteiger charge is 2.01. The van der Waals surface area contributed by atoms with Crippen molar-refractivity contribution < 1.29 is 0 Å². The van der Waals surface area contributed by atoms with E-state index in [1.54, 1.807) is 0 Å². The summed E-state index contributed by atoms with van der Waals surface area (Å²) in [5.74, 6) is -0.0305. The van der Waals surface area contributed by atoms with Crippen LogP contribution in [0.25, 0.3) is 0 Å². The predicted octanol–water partition coefficient (Wildman–Crippen LogP) is 2.32. The van der Waals surface area contributed by atoms with Crippen LogP contribution >= 0.6 is 15.9 Å². The number of benzene rings is 1. The van der Waals surface area contributed by atoms with Crippen LogP contribution in [0.4, 0.5) is 5.69 Å². The van der Waals surface area contributed by atoms with E-state index in [4.69, 9.17) is 11.1 Å². The van der Waals surface area contributed by atoms with E-state index in [9.17, 15) is 0 Å². The minimum atomic E-state index is -0.0305. The van der Waals surface area contributed by atoms with Crippen LogP contribution in [-0.4, -0.2) is 5.96 Å². The van der Waals surface area contributed by atoms with E-state index in [-0.39, 0.29) is 5.96 Å². The average molecular weight is 242 g/mol. The Labute approximate surface area is 86.0 Å². The van der Waals surface area contributed by atoms with Gasteiger partial charge in [0.15, 0.2) is 5.96 Å². The van der Waals surface area contributed by atoms with Crippen LogP contribution in [0.1, 0.15) is 12.5 Å². The molecule has 3 nitrogen and oxygen atoms in total. The molecule has 0 atom stereocenters. The molecular weight excluding hydrogens is 230 g/mol. The summed E-state index contributed by atoms with van der Waals surface area (Å²) in [4.78, 5) is 0. The van der Waals surface area contributed by atoms with Gasteiger partial charge in [-0.2, -0.15) is 0 Å². The lowest BCUT2D eigenvalue weighted by Crippen LogP contribution is -2.21. The van der Waals surface area contributed by atoms with E-state index in [2.05, 4.69) is 28.2 Å². The lowest BCUT2D eigenvalue weighted by atomic mass is 10.1. The van der Waals surface area contributed by atoms with E-state index in [0.29, 0.717) is 0 Å². The fourth-order valence-electron chi connectivity index (χ4n) is 1.12. The number of halogens is 1. The monoisotopic (exact) mass is 241 g/mol. The average Bonchev–Trinajstić information content (AvgIpc) is 2.07. The highest BCUT2D eigenvalue weighted by Crippen LogP contribution is 2.21. The molecule has 0 aliphatic heterocycles. The van der Waals surface area contributed by atoms with E-state index in [1.807, 2.05) is 18.2 Å². The number of nitrogens with two attached hydrogens (primary N) is 1. The predicted molar refractivity (Wildman–Crippen MR) is 59.1 cm³/mol. The van der Waals surface area contributed by atoms with Crippen LogP contribution in [0.2, 0.25) is 0 Å². The highest BCUT2D eigenvalue weighted by molar-refractivity contribution is 9.10. The summed E-state index contributed by atoms with van der Waals surface area (Å²) in [6.45, 7) is 2.06. The number of aryl methyl sites for hydroxylation is 1. The van der Waals surface area contributed by atoms with Gasteiger partial charge < -0.3 is 11.1 Å². The van der Waals surface area contributed by atoms with Crippen molar-refractivity contribution in [3.63, 3.8) is 0 Å². The number of guanidine groups is 1. The van der Waals surface area contributed by atoms with E-state index in [0.717, 1.165) is 22.1 Å². The Morgan fingerprint density at radius 2 is 2.31 bits per heavy atom. The molecule has 0 aliphatic carbocycles. The Balaban J connectivity index is 2.99. The van der Waals surface area contributed by atoms with Crippen molar-refractivity contribution in [2.24, 2.45) is 5.73 Å². The SMILES string of the molecule is CCc1cc(Br)ccc1NC(=N)N. The van der Waals surface area contributed by atoms with Gasteiger partial charge in [-0.1, -0.05) is 22.9 Å². The van der Waals surface area contributed by atoms with Gasteiger partial charge in [-0.25, -0.2) is 0 Å². The summed E-state index contributed by atoms with van der Waals surface area (Å²) in [5.41, 5.74) is 7.29. The molecule has 0 radical (unpaired) electrons. The Bertz CT molecular complexity index is 323. The maximum absolute atomic E-state index is 7.11. The van der Waals surface area contributed by atoms with Gasteiger partial charge in [0.2, 0.25) is 0 Å². The van der Waals surface area contributed by atoms with E-state index >= 15 is 0 Å². The van der Waals surface area contributed by atoms with Crippen LogP contribution < -0.4 is 11.1 Å². The molecule has 0 aliphatic rings. The second-order valence-electron chi connectivity index (χ2n) is 2.69. The van der Waals surface area contributed by atoms with E-state index in [1.165, 1.54) is 0 Å². The normalized spacial score (nSPS) is 9.69. The topological polar surface area (TPSA) is 61.9 Å². The fraction of sp³-hybridized carbons (Fsp3) is 0.222. The van der Waals surface area contributed by atoms with Gasteiger partial charge in [0, 0.05) is 10.2 Å². The van der Waals surface area contributed by atoms with Gasteiger partial charge in [-0.3, -0.25) is 5.41 Å². The molecule has 0 amide bonds. The zero-order chi connectivity index (χ0) is 9.84. The quantitative estimate of drug-likeness (QED) is 0.550. The van der Waals surface area contributed by atoms with Crippen molar-refractivity contribution in [3.8, 4) is 0 Å². The molecule has 0 heterocycles. The van der Waals surface area contributed by atoms with Crippen LogP contribution in [0.3, 0.4) is 0 Å². The molecule has 0 saturated carbocycles. The van der Waals surface area contributed by atoms with Crippen molar-refractivity contribution in [3.05, 3.63) is 28.2 Å². The molecule has 0 bridgehead atoms. The molecule has 0 aromatic heterocycles. The minimum Gasteiger partial charge on any atom is -0.370 e. The molecule has 1 rings (SSSR count). The molecular formula is C9H12BrN3. The third kappa shape index (κ3) is 2.73. The Hall–Kier alpha value is -1.03. The summed E-state index contributed by atoms with van der Waals surface area (Å²) >= 11 is 3.39. The first-order chi connectivity index (χ1) is 6.13. The molecule has 4 N–H and O–H groups in total. The maximum Gasteiger partial charge on any atom is 0.190 e. The first-order valence-electron chi connectivity index (χ1n) is 4.03. The Morgan fingerprint density at radius 1 is 1.62 bits per heavy atom. The van der Waals surface area contributed by atoms with Crippen molar-refractivity contribution in [2.45, 2.75) is 13.3 Å². The molecule has 1 aromatic rings. The fourth-order valence-corrected chi connectivity index (χ4v) is 1.53. The van der Waals surface area contributed by atoms with Crippen molar-refractivity contribution in [1.29, 1.82) is 5.41 Å². The van der Waals surface area contributed by atoms with Gasteiger partial charge in [0.1, 0.15) is 0 Å². The lowest BCUT2D eigenvalue weighted by Gasteiger charge is -2.09. The molecule has 0 unspecified atom stereocenters. The van der Waals surface area contributed by atoms with Crippen molar-refractivity contribution in [2.75, 3.05) is 5.32 Å². The minimum absolute atomic E-state index is 0.0305. The highest BCUT2D eigenvalue weighted by atomic mass is 79.9. The second kappa shape index (κ2) is 4.28. The van der Waals surface area contributed by atoms with Gasteiger partial charge in [-0.15, -0.1) is 0 Å². The van der Waals surface area contributed by atoms with Gasteiger partial charge in [-0.05, 0) is 30.2 Å². The van der Waals surface area contributed by atoms with Crippen molar-refractivity contribution in [1.82, 2.24) is 0 Å². The second-order valence-corrected chi connectivity index (χ2v) is 3.61. The van der Waals surface area contributed by atoms with E-state index < -0.39 is 0 Å². The van der Waals surface area contributed by atoms with Crippen LogP contribution in [0.15, 0.2) is 22.7 Å². The first-order valence-corrected chi connectivity index (χ1v) is 4.82. The molecule has 0 fully saturated rings.